The molecule has 1 aliphatic heterocycles. The number of esters is 2. The molecular formula is C42H77NO4. The second-order valence-electron chi connectivity index (χ2n) is 14.2. The van der Waals surface area contributed by atoms with Crippen molar-refractivity contribution in [2.75, 3.05) is 26.3 Å². The van der Waals surface area contributed by atoms with Crippen LogP contribution in [-0.4, -0.2) is 38.2 Å². The van der Waals surface area contributed by atoms with Gasteiger partial charge in [0.15, 0.2) is 0 Å². The molecule has 0 spiro atoms. The number of carbonyl (C=O) groups excluding carboxylic acids is 2. The van der Waals surface area contributed by atoms with E-state index in [4.69, 9.17) is 9.47 Å². The predicted octanol–water partition coefficient (Wildman–Crippen LogP) is 12.0. The van der Waals surface area contributed by atoms with Crippen molar-refractivity contribution in [3.05, 3.63) is 24.3 Å². The van der Waals surface area contributed by atoms with E-state index in [0.717, 1.165) is 38.8 Å². The van der Waals surface area contributed by atoms with E-state index in [-0.39, 0.29) is 23.8 Å². The Labute approximate surface area is 291 Å². The van der Waals surface area contributed by atoms with Gasteiger partial charge < -0.3 is 14.8 Å². The van der Waals surface area contributed by atoms with Crippen LogP contribution in [0.2, 0.25) is 0 Å². The first-order chi connectivity index (χ1) is 23.2. The number of ether oxygens (including phenoxy) is 2. The molecular weight excluding hydrogens is 582 g/mol. The molecule has 0 aromatic carbocycles. The molecule has 0 bridgehead atoms. The number of nitrogens with one attached hydrogen (secondary N) is 1. The van der Waals surface area contributed by atoms with E-state index in [1.54, 1.807) is 0 Å². The summed E-state index contributed by atoms with van der Waals surface area (Å²) >= 11 is 0. The molecule has 0 aliphatic carbocycles. The first kappa shape index (κ1) is 43.4. The van der Waals surface area contributed by atoms with Crippen LogP contribution in [0.3, 0.4) is 0 Å². The minimum Gasteiger partial charge on any atom is -0.465 e. The van der Waals surface area contributed by atoms with Gasteiger partial charge in [-0.25, -0.2) is 0 Å². The molecule has 5 heteroatoms. The van der Waals surface area contributed by atoms with E-state index >= 15 is 0 Å². The lowest BCUT2D eigenvalue weighted by Crippen LogP contribution is -2.25. The van der Waals surface area contributed by atoms with Gasteiger partial charge in [0.05, 0.1) is 13.2 Å². The van der Waals surface area contributed by atoms with Gasteiger partial charge in [-0.3, -0.25) is 9.59 Å². The summed E-state index contributed by atoms with van der Waals surface area (Å²) < 4.78 is 11.2. The summed E-state index contributed by atoms with van der Waals surface area (Å²) in [5, 5.41) is 3.38. The Morgan fingerprint density at radius 3 is 1.11 bits per heavy atom. The van der Waals surface area contributed by atoms with Crippen LogP contribution in [0.5, 0.6) is 0 Å². The van der Waals surface area contributed by atoms with Crippen molar-refractivity contribution in [2.45, 2.75) is 194 Å². The van der Waals surface area contributed by atoms with Crippen molar-refractivity contribution in [1.82, 2.24) is 5.32 Å². The number of rotatable bonds is 34. The van der Waals surface area contributed by atoms with Crippen LogP contribution in [0, 0.1) is 11.8 Å². The summed E-state index contributed by atoms with van der Waals surface area (Å²) in [4.78, 5) is 24.6. The fourth-order valence-electron chi connectivity index (χ4n) is 6.40. The van der Waals surface area contributed by atoms with Gasteiger partial charge in [0.25, 0.3) is 0 Å². The highest BCUT2D eigenvalue weighted by Crippen LogP contribution is 2.19. The van der Waals surface area contributed by atoms with Crippen LogP contribution < -0.4 is 5.32 Å². The summed E-state index contributed by atoms with van der Waals surface area (Å²) in [5.41, 5.74) is 0. The maximum Gasteiger partial charge on any atom is 0.305 e. The highest BCUT2D eigenvalue weighted by atomic mass is 16.5. The van der Waals surface area contributed by atoms with Crippen molar-refractivity contribution in [2.24, 2.45) is 11.8 Å². The summed E-state index contributed by atoms with van der Waals surface area (Å²) in [7, 11) is 0. The lowest BCUT2D eigenvalue weighted by Gasteiger charge is -2.18. The van der Waals surface area contributed by atoms with Crippen molar-refractivity contribution >= 4 is 11.9 Å². The molecule has 274 valence electrons. The Bertz CT molecular complexity index is 702. The zero-order valence-electron chi connectivity index (χ0n) is 31.2. The van der Waals surface area contributed by atoms with E-state index in [0.29, 0.717) is 26.1 Å². The average molecular weight is 660 g/mol. The molecule has 0 amide bonds. The zero-order valence-corrected chi connectivity index (χ0v) is 31.2. The van der Waals surface area contributed by atoms with Gasteiger partial charge in [0.1, 0.15) is 0 Å². The fourth-order valence-corrected chi connectivity index (χ4v) is 6.40. The van der Waals surface area contributed by atoms with Crippen LogP contribution >= 0.6 is 0 Å². The predicted molar refractivity (Wildman–Crippen MR) is 201 cm³/mol. The van der Waals surface area contributed by atoms with Crippen molar-refractivity contribution < 1.29 is 19.1 Å². The Kier molecular flexibility index (Phi) is 31.6. The highest BCUT2D eigenvalue weighted by molar-refractivity contribution is 5.69. The lowest BCUT2D eigenvalue weighted by molar-refractivity contribution is -0.149. The molecule has 1 fully saturated rings. The van der Waals surface area contributed by atoms with Crippen molar-refractivity contribution in [3.8, 4) is 0 Å². The van der Waals surface area contributed by atoms with Crippen LogP contribution in [0.15, 0.2) is 24.3 Å². The first-order valence-corrected chi connectivity index (χ1v) is 20.5. The maximum absolute atomic E-state index is 12.3. The third-order valence-electron chi connectivity index (χ3n) is 9.68. The molecule has 0 saturated carbocycles. The molecule has 0 aromatic heterocycles. The van der Waals surface area contributed by atoms with E-state index in [9.17, 15) is 9.59 Å². The summed E-state index contributed by atoms with van der Waals surface area (Å²) in [5.74, 6) is 0.269. The number of hydrogen-bond donors (Lipinski definition) is 1. The summed E-state index contributed by atoms with van der Waals surface area (Å²) in [6.07, 6.45) is 43.0. The Morgan fingerprint density at radius 2 is 0.766 bits per heavy atom. The van der Waals surface area contributed by atoms with Gasteiger partial charge in [0.2, 0.25) is 0 Å². The van der Waals surface area contributed by atoms with Gasteiger partial charge in [-0.2, -0.15) is 0 Å². The number of hydrogen-bond acceptors (Lipinski definition) is 5. The number of unbranched alkanes of at least 4 members (excludes halogenated alkanes) is 22. The summed E-state index contributed by atoms with van der Waals surface area (Å²) in [6, 6.07) is 0. The number of allylic oxidation sites excluding steroid dienone is 4. The van der Waals surface area contributed by atoms with Crippen LogP contribution in [0.25, 0.3) is 0 Å². The average Bonchev–Trinajstić information content (AvgIpc) is 3.53. The zero-order chi connectivity index (χ0) is 33.9. The Hall–Kier alpha value is -1.62. The summed E-state index contributed by atoms with van der Waals surface area (Å²) in [6.45, 7) is 7.02. The quantitative estimate of drug-likeness (QED) is 0.0423. The van der Waals surface area contributed by atoms with Crippen molar-refractivity contribution in [3.63, 3.8) is 0 Å². The van der Waals surface area contributed by atoms with Gasteiger partial charge in [-0.05, 0) is 64.2 Å². The molecule has 1 aliphatic rings. The Morgan fingerprint density at radius 1 is 0.468 bits per heavy atom. The SMILES string of the molecule is CCCCCCCC/C=C/CCCCCCCC(=O)OC[C@H]1CNC[C@@H]1COC(=O)CCCCCCC/C=C/CCCCCCCC. The highest BCUT2D eigenvalue weighted by Gasteiger charge is 2.29. The molecule has 5 nitrogen and oxygen atoms in total. The molecule has 1 saturated heterocycles. The van der Waals surface area contributed by atoms with Gasteiger partial charge >= 0.3 is 11.9 Å². The molecule has 2 atom stereocenters. The number of carbonyl (C=O) groups is 2. The monoisotopic (exact) mass is 660 g/mol. The smallest absolute Gasteiger partial charge is 0.305 e. The van der Waals surface area contributed by atoms with Crippen LogP contribution in [-0.2, 0) is 19.1 Å². The minimum atomic E-state index is -0.0885. The van der Waals surface area contributed by atoms with E-state index in [1.165, 1.54) is 141 Å². The van der Waals surface area contributed by atoms with Gasteiger partial charge in [-0.15, -0.1) is 0 Å². The fraction of sp³-hybridized carbons (Fsp3) is 0.857. The Balaban J connectivity index is 1.93. The molecule has 0 radical (unpaired) electrons. The molecule has 47 heavy (non-hydrogen) atoms. The third kappa shape index (κ3) is 29.1. The topological polar surface area (TPSA) is 64.6 Å². The van der Waals surface area contributed by atoms with E-state index in [1.807, 2.05) is 0 Å². The molecule has 1 rings (SSSR count). The van der Waals surface area contributed by atoms with Crippen LogP contribution in [0.1, 0.15) is 194 Å². The standard InChI is InChI=1S/C42H77NO4/c1-3-5-7-9-11-13-15-17-19-21-23-25-27-29-31-33-41(44)46-37-39-35-43-36-40(39)38-47-42(45)34-32-30-28-26-24-22-20-18-16-14-12-10-8-6-4-2/h17-20,39-40,43H,3-16,21-38H2,1-2H3/b19-17+,20-18+/t39-,40-/m1/s1. The lowest BCUT2D eigenvalue weighted by atomic mass is 9.98. The molecule has 1 N–H and O–H groups in total. The normalized spacial score (nSPS) is 16.5. The minimum absolute atomic E-state index is 0.0885. The third-order valence-corrected chi connectivity index (χ3v) is 9.68. The second kappa shape index (κ2) is 34.3. The van der Waals surface area contributed by atoms with Crippen LogP contribution in [0.4, 0.5) is 0 Å². The largest absolute Gasteiger partial charge is 0.465 e. The van der Waals surface area contributed by atoms with Gasteiger partial charge in [0, 0.05) is 37.8 Å². The molecule has 1 heterocycles. The van der Waals surface area contributed by atoms with E-state index in [2.05, 4.69) is 43.5 Å². The second-order valence-corrected chi connectivity index (χ2v) is 14.2. The molecule has 0 aromatic rings. The van der Waals surface area contributed by atoms with Crippen molar-refractivity contribution in [1.29, 1.82) is 0 Å². The van der Waals surface area contributed by atoms with E-state index < -0.39 is 0 Å². The first-order valence-electron chi connectivity index (χ1n) is 20.5. The molecule has 0 unspecified atom stereocenters. The van der Waals surface area contributed by atoms with Gasteiger partial charge in [-0.1, -0.05) is 141 Å². The maximum atomic E-state index is 12.3.